The van der Waals surface area contributed by atoms with Crippen LogP contribution < -0.4 is 0 Å². The van der Waals surface area contributed by atoms with Crippen molar-refractivity contribution in [3.63, 3.8) is 0 Å². The molecule has 0 amide bonds. The van der Waals surface area contributed by atoms with Gasteiger partial charge < -0.3 is 14.9 Å². The largest absolute Gasteiger partial charge is 0.479 e. The first-order chi connectivity index (χ1) is 11.1. The summed E-state index contributed by atoms with van der Waals surface area (Å²) in [5.74, 6) is -1.90. The number of carbonyl (C=O) groups excluding carboxylic acids is 1. The number of aliphatic hydroxyl groups excluding tert-OH is 1. The smallest absolute Gasteiger partial charge is 0.332 e. The van der Waals surface area contributed by atoms with Crippen LogP contribution in [0.25, 0.3) is 0 Å². The summed E-state index contributed by atoms with van der Waals surface area (Å²) in [5.41, 5.74) is 1.65. The lowest BCUT2D eigenvalue weighted by molar-refractivity contribution is -0.151. The van der Waals surface area contributed by atoms with Crippen molar-refractivity contribution in [2.75, 3.05) is 0 Å². The number of rotatable bonds is 7. The molecule has 5 heteroatoms. The monoisotopic (exact) mass is 314 g/mol. The predicted molar refractivity (Wildman–Crippen MR) is 83.7 cm³/mol. The molecule has 0 radical (unpaired) electrons. The molecule has 0 aliphatic heterocycles. The number of ether oxygens (including phenoxy) is 1. The summed E-state index contributed by atoms with van der Waals surface area (Å²) >= 11 is 0. The van der Waals surface area contributed by atoms with Crippen molar-refractivity contribution in [2.45, 2.75) is 25.0 Å². The number of carboxylic acid groups (broad SMARTS) is 1. The van der Waals surface area contributed by atoms with Gasteiger partial charge in [-0.25, -0.2) is 4.79 Å². The molecule has 0 fully saturated rings. The molecule has 0 aromatic heterocycles. The van der Waals surface area contributed by atoms with Gasteiger partial charge in [-0.2, -0.15) is 0 Å². The Morgan fingerprint density at radius 2 is 1.39 bits per heavy atom. The van der Waals surface area contributed by atoms with Gasteiger partial charge in [0.25, 0.3) is 0 Å². The van der Waals surface area contributed by atoms with E-state index in [1.54, 1.807) is 0 Å². The van der Waals surface area contributed by atoms with Crippen LogP contribution in [0.4, 0.5) is 0 Å². The average molecular weight is 314 g/mol. The molecule has 23 heavy (non-hydrogen) atoms. The highest BCUT2D eigenvalue weighted by atomic mass is 16.5. The minimum absolute atomic E-state index is 0.163. The highest BCUT2D eigenvalue weighted by Gasteiger charge is 2.21. The average Bonchev–Trinajstić information content (AvgIpc) is 2.59. The van der Waals surface area contributed by atoms with Crippen LogP contribution >= 0.6 is 0 Å². The van der Waals surface area contributed by atoms with Crippen LogP contribution in [0.2, 0.25) is 0 Å². The number of hydrogen-bond acceptors (Lipinski definition) is 4. The third kappa shape index (κ3) is 4.93. The molecule has 0 saturated heterocycles. The molecule has 0 heterocycles. The second-order valence-electron chi connectivity index (χ2n) is 5.08. The van der Waals surface area contributed by atoms with Gasteiger partial charge in [-0.1, -0.05) is 60.7 Å². The van der Waals surface area contributed by atoms with E-state index in [-0.39, 0.29) is 12.8 Å². The number of carbonyl (C=O) groups is 2. The topological polar surface area (TPSA) is 83.8 Å². The maximum atomic E-state index is 12.0. The fraction of sp³-hybridized carbons (Fsp3) is 0.222. The zero-order valence-electron chi connectivity index (χ0n) is 12.5. The SMILES string of the molecule is O=C(CCC(O)C(=O)O)OC(c1ccccc1)c1ccccc1. The minimum atomic E-state index is -1.56. The van der Waals surface area contributed by atoms with Gasteiger partial charge in [-0.15, -0.1) is 0 Å². The van der Waals surface area contributed by atoms with E-state index in [4.69, 9.17) is 9.84 Å². The summed E-state index contributed by atoms with van der Waals surface area (Å²) < 4.78 is 5.51. The van der Waals surface area contributed by atoms with E-state index in [0.717, 1.165) is 11.1 Å². The molecule has 2 aromatic carbocycles. The summed E-state index contributed by atoms with van der Waals surface area (Å²) in [4.78, 5) is 22.6. The van der Waals surface area contributed by atoms with E-state index in [0.29, 0.717) is 0 Å². The van der Waals surface area contributed by atoms with Gasteiger partial charge >= 0.3 is 11.9 Å². The first-order valence-corrected chi connectivity index (χ1v) is 7.28. The normalized spacial score (nSPS) is 11.9. The number of hydrogen-bond donors (Lipinski definition) is 2. The van der Waals surface area contributed by atoms with E-state index in [1.807, 2.05) is 60.7 Å². The molecule has 5 nitrogen and oxygen atoms in total. The fourth-order valence-electron chi connectivity index (χ4n) is 2.15. The van der Waals surface area contributed by atoms with Crippen LogP contribution in [0.1, 0.15) is 30.1 Å². The molecular weight excluding hydrogens is 296 g/mol. The van der Waals surface area contributed by atoms with E-state index in [1.165, 1.54) is 0 Å². The minimum Gasteiger partial charge on any atom is -0.479 e. The summed E-state index contributed by atoms with van der Waals surface area (Å²) in [6.07, 6.45) is -2.46. The van der Waals surface area contributed by atoms with Crippen LogP contribution in [-0.2, 0) is 14.3 Å². The van der Waals surface area contributed by atoms with Crippen LogP contribution in [0.15, 0.2) is 60.7 Å². The van der Waals surface area contributed by atoms with Crippen LogP contribution in [0, 0.1) is 0 Å². The lowest BCUT2D eigenvalue weighted by atomic mass is 10.0. The molecular formula is C18H18O5. The lowest BCUT2D eigenvalue weighted by Crippen LogP contribution is -2.21. The van der Waals surface area contributed by atoms with E-state index in [2.05, 4.69) is 0 Å². The molecule has 2 rings (SSSR count). The predicted octanol–water partition coefficient (Wildman–Crippen LogP) is 2.54. The zero-order chi connectivity index (χ0) is 16.7. The molecule has 0 bridgehead atoms. The van der Waals surface area contributed by atoms with Gasteiger partial charge in [0.15, 0.2) is 12.2 Å². The van der Waals surface area contributed by atoms with E-state index in [9.17, 15) is 14.7 Å². The Balaban J connectivity index is 2.10. The first-order valence-electron chi connectivity index (χ1n) is 7.28. The van der Waals surface area contributed by atoms with Crippen molar-refractivity contribution in [2.24, 2.45) is 0 Å². The molecule has 0 saturated carbocycles. The molecule has 0 spiro atoms. The quantitative estimate of drug-likeness (QED) is 0.767. The Morgan fingerprint density at radius 1 is 0.913 bits per heavy atom. The first kappa shape index (κ1) is 16.7. The van der Waals surface area contributed by atoms with Crippen molar-refractivity contribution < 1.29 is 24.5 Å². The second-order valence-corrected chi connectivity index (χ2v) is 5.08. The Morgan fingerprint density at radius 3 is 1.83 bits per heavy atom. The van der Waals surface area contributed by atoms with E-state index < -0.39 is 24.1 Å². The van der Waals surface area contributed by atoms with E-state index >= 15 is 0 Å². The van der Waals surface area contributed by atoms with Gasteiger partial charge in [-0.3, -0.25) is 4.79 Å². The number of benzene rings is 2. The number of carboxylic acids is 1. The van der Waals surface area contributed by atoms with Crippen molar-refractivity contribution in [1.29, 1.82) is 0 Å². The molecule has 1 unspecified atom stereocenters. The van der Waals surface area contributed by atoms with Gasteiger partial charge in [0.2, 0.25) is 0 Å². The highest BCUT2D eigenvalue weighted by Crippen LogP contribution is 2.26. The van der Waals surface area contributed by atoms with Crippen molar-refractivity contribution >= 4 is 11.9 Å². The number of aliphatic hydroxyl groups is 1. The Bertz CT molecular complexity index is 599. The van der Waals surface area contributed by atoms with Crippen LogP contribution in [0.5, 0.6) is 0 Å². The van der Waals surface area contributed by atoms with Crippen molar-refractivity contribution in [3.8, 4) is 0 Å². The summed E-state index contributed by atoms with van der Waals surface area (Å²) in [7, 11) is 0. The van der Waals surface area contributed by atoms with Crippen molar-refractivity contribution in [1.82, 2.24) is 0 Å². The second kappa shape index (κ2) is 8.10. The van der Waals surface area contributed by atoms with Gasteiger partial charge in [-0.05, 0) is 17.5 Å². The number of esters is 1. The molecule has 1 atom stereocenters. The molecule has 0 aliphatic carbocycles. The third-order valence-electron chi connectivity index (χ3n) is 3.36. The Hall–Kier alpha value is -2.66. The number of aliphatic carboxylic acids is 1. The summed E-state index contributed by atoms with van der Waals surface area (Å²) in [5, 5.41) is 17.9. The molecule has 2 N–H and O–H groups in total. The van der Waals surface area contributed by atoms with Gasteiger partial charge in [0.05, 0.1) is 0 Å². The van der Waals surface area contributed by atoms with Gasteiger partial charge in [0.1, 0.15) is 0 Å². The molecule has 120 valence electrons. The van der Waals surface area contributed by atoms with Crippen LogP contribution in [0.3, 0.4) is 0 Å². The summed E-state index contributed by atoms with van der Waals surface area (Å²) in [6.45, 7) is 0. The Labute approximate surface area is 134 Å². The zero-order valence-corrected chi connectivity index (χ0v) is 12.5. The molecule has 2 aromatic rings. The maximum absolute atomic E-state index is 12.0. The maximum Gasteiger partial charge on any atom is 0.332 e. The highest BCUT2D eigenvalue weighted by molar-refractivity contribution is 5.74. The van der Waals surface area contributed by atoms with Gasteiger partial charge in [0, 0.05) is 6.42 Å². The standard InChI is InChI=1S/C18H18O5/c19-15(18(21)22)11-12-16(20)23-17(13-7-3-1-4-8-13)14-9-5-2-6-10-14/h1-10,15,17,19H,11-12H2,(H,21,22). The Kier molecular flexibility index (Phi) is 5.88. The summed E-state index contributed by atoms with van der Waals surface area (Å²) in [6, 6.07) is 18.6. The van der Waals surface area contributed by atoms with Crippen LogP contribution in [-0.4, -0.2) is 28.3 Å². The lowest BCUT2D eigenvalue weighted by Gasteiger charge is -2.19. The fourth-order valence-corrected chi connectivity index (χ4v) is 2.15. The third-order valence-corrected chi connectivity index (χ3v) is 3.36. The molecule has 0 aliphatic rings. The van der Waals surface area contributed by atoms with Crippen molar-refractivity contribution in [3.05, 3.63) is 71.8 Å².